The minimum Gasteiger partial charge on any atom is -0.366 e. The largest absolute Gasteiger partial charge is 0.366 e. The Hall–Kier alpha value is -0.370. The van der Waals surface area contributed by atoms with E-state index in [4.69, 9.17) is 4.74 Å². The van der Waals surface area contributed by atoms with E-state index in [1.165, 1.54) is 44.8 Å². The first-order chi connectivity index (χ1) is 10.2. The molecule has 2 heteroatoms. The summed E-state index contributed by atoms with van der Waals surface area (Å²) in [5.74, 6) is 1.54. The number of rotatable bonds is 1. The van der Waals surface area contributed by atoms with Gasteiger partial charge in [-0.3, -0.25) is 0 Å². The Labute approximate surface area is 135 Å². The monoisotopic (exact) mass is 304 g/mol. The molecule has 3 saturated carbocycles. The van der Waals surface area contributed by atoms with Crippen LogP contribution in [0.25, 0.3) is 0 Å². The van der Waals surface area contributed by atoms with E-state index in [-0.39, 0.29) is 16.9 Å². The summed E-state index contributed by atoms with van der Waals surface area (Å²) in [6.45, 7) is 12.1. The van der Waals surface area contributed by atoms with E-state index in [2.05, 4.69) is 34.6 Å². The van der Waals surface area contributed by atoms with Gasteiger partial charge in [-0.1, -0.05) is 34.1 Å². The molecule has 1 aliphatic heterocycles. The van der Waals surface area contributed by atoms with Gasteiger partial charge in [0.2, 0.25) is 0 Å². The first-order valence-electron chi connectivity index (χ1n) is 9.31. The first kappa shape index (κ1) is 15.2. The third-order valence-electron chi connectivity index (χ3n) is 8.73. The van der Waals surface area contributed by atoms with Gasteiger partial charge in [-0.05, 0) is 67.1 Å². The van der Waals surface area contributed by atoms with Crippen LogP contribution >= 0.6 is 0 Å². The van der Waals surface area contributed by atoms with E-state index in [1.807, 2.05) is 0 Å². The lowest BCUT2D eigenvalue weighted by molar-refractivity contribution is -0.165. The van der Waals surface area contributed by atoms with Gasteiger partial charge >= 0.3 is 0 Å². The summed E-state index contributed by atoms with van der Waals surface area (Å²) in [5, 5.41) is 0. The summed E-state index contributed by atoms with van der Waals surface area (Å²) in [4.78, 5) is 12.0. The average Bonchev–Trinajstić information content (AvgIpc) is 3.06. The second-order valence-electron chi connectivity index (χ2n) is 10.1. The second kappa shape index (κ2) is 4.18. The van der Waals surface area contributed by atoms with E-state index < -0.39 is 0 Å². The van der Waals surface area contributed by atoms with Gasteiger partial charge < -0.3 is 9.53 Å². The Morgan fingerprint density at radius 2 is 1.68 bits per heavy atom. The molecule has 7 atom stereocenters. The Morgan fingerprint density at radius 3 is 2.36 bits per heavy atom. The van der Waals surface area contributed by atoms with Crippen molar-refractivity contribution in [1.29, 1.82) is 0 Å². The Morgan fingerprint density at radius 1 is 0.955 bits per heavy atom. The lowest BCUT2D eigenvalue weighted by atomic mass is 9.39. The number of hydrogen-bond acceptors (Lipinski definition) is 2. The summed E-state index contributed by atoms with van der Waals surface area (Å²) in [6.07, 6.45) is 9.31. The minimum absolute atomic E-state index is 0.0894. The van der Waals surface area contributed by atoms with Crippen molar-refractivity contribution in [2.24, 2.45) is 34.0 Å². The van der Waals surface area contributed by atoms with Gasteiger partial charge in [0.05, 0.1) is 12.0 Å². The molecule has 0 aromatic rings. The lowest BCUT2D eigenvalue weighted by Gasteiger charge is -2.65. The maximum Gasteiger partial charge on any atom is 0.126 e. The maximum atomic E-state index is 12.0. The van der Waals surface area contributed by atoms with E-state index in [0.717, 1.165) is 5.92 Å². The number of epoxide rings is 1. The molecule has 0 radical (unpaired) electrons. The SMILES string of the molecule is CC1(C)CCC[C@]2(C)[C@H]3C[C@@H]4O[C@]4(C)[C@@H](C=O)[C@]3(C)CC[C@@H]12. The van der Waals surface area contributed by atoms with E-state index in [9.17, 15) is 4.79 Å². The number of fused-ring (bicyclic) bond motifs is 4. The summed E-state index contributed by atoms with van der Waals surface area (Å²) in [6, 6.07) is 0. The van der Waals surface area contributed by atoms with Crippen molar-refractivity contribution in [3.8, 4) is 0 Å². The van der Waals surface area contributed by atoms with E-state index in [0.29, 0.717) is 22.9 Å². The molecule has 3 aliphatic carbocycles. The van der Waals surface area contributed by atoms with Crippen molar-refractivity contribution in [3.63, 3.8) is 0 Å². The number of ether oxygens (including phenoxy) is 1. The fourth-order valence-electron chi connectivity index (χ4n) is 7.58. The van der Waals surface area contributed by atoms with Gasteiger partial charge in [0, 0.05) is 0 Å². The smallest absolute Gasteiger partial charge is 0.126 e. The molecule has 4 rings (SSSR count). The summed E-state index contributed by atoms with van der Waals surface area (Å²) in [7, 11) is 0. The number of carbonyl (C=O) groups excluding carboxylic acids is 1. The van der Waals surface area contributed by atoms with Gasteiger partial charge in [0.25, 0.3) is 0 Å². The molecule has 0 aromatic heterocycles. The standard InChI is InChI=1S/C20H32O2/c1-17(2)8-6-9-18(3)13(17)7-10-19(4)14(18)11-16-20(5,22-16)15(19)12-21/h12-16H,6-11H2,1-5H3/t13-,14+,15-,16-,18-,19+,20+/m0/s1. The fourth-order valence-corrected chi connectivity index (χ4v) is 7.58. The van der Waals surface area contributed by atoms with Crippen molar-refractivity contribution in [2.75, 3.05) is 0 Å². The molecule has 0 spiro atoms. The third-order valence-corrected chi connectivity index (χ3v) is 8.73. The lowest BCUT2D eigenvalue weighted by Crippen LogP contribution is -2.61. The zero-order valence-corrected chi connectivity index (χ0v) is 14.9. The van der Waals surface area contributed by atoms with Crippen LogP contribution in [0.2, 0.25) is 0 Å². The van der Waals surface area contributed by atoms with Crippen molar-refractivity contribution in [3.05, 3.63) is 0 Å². The molecule has 0 N–H and O–H groups in total. The highest BCUT2D eigenvalue weighted by atomic mass is 16.6. The van der Waals surface area contributed by atoms with Gasteiger partial charge in [0.1, 0.15) is 11.9 Å². The molecular formula is C20H32O2. The molecule has 0 amide bonds. The van der Waals surface area contributed by atoms with Crippen molar-refractivity contribution in [2.45, 2.75) is 84.8 Å². The van der Waals surface area contributed by atoms with Crippen molar-refractivity contribution >= 4 is 6.29 Å². The predicted molar refractivity (Wildman–Crippen MR) is 87.5 cm³/mol. The second-order valence-corrected chi connectivity index (χ2v) is 10.1. The summed E-state index contributed by atoms with van der Waals surface area (Å²) in [5.41, 5.74) is 0.835. The van der Waals surface area contributed by atoms with Crippen LogP contribution in [0.5, 0.6) is 0 Å². The molecule has 22 heavy (non-hydrogen) atoms. The third kappa shape index (κ3) is 1.63. The quantitative estimate of drug-likeness (QED) is 0.523. The van der Waals surface area contributed by atoms with Crippen LogP contribution in [0.3, 0.4) is 0 Å². The van der Waals surface area contributed by atoms with Gasteiger partial charge in [0.15, 0.2) is 0 Å². The Kier molecular flexibility index (Phi) is 2.88. The van der Waals surface area contributed by atoms with Crippen LogP contribution in [0.15, 0.2) is 0 Å². The molecule has 2 nitrogen and oxygen atoms in total. The first-order valence-corrected chi connectivity index (χ1v) is 9.31. The zero-order chi connectivity index (χ0) is 16.0. The van der Waals surface area contributed by atoms with Crippen molar-refractivity contribution in [1.82, 2.24) is 0 Å². The highest BCUT2D eigenvalue weighted by Crippen LogP contribution is 2.72. The average molecular weight is 304 g/mol. The van der Waals surface area contributed by atoms with Gasteiger partial charge in [-0.15, -0.1) is 0 Å². The summed E-state index contributed by atoms with van der Waals surface area (Å²) >= 11 is 0. The minimum atomic E-state index is -0.152. The van der Waals surface area contributed by atoms with Crippen LogP contribution in [0.4, 0.5) is 0 Å². The van der Waals surface area contributed by atoms with E-state index in [1.54, 1.807) is 0 Å². The maximum absolute atomic E-state index is 12.0. The predicted octanol–water partition coefficient (Wildman–Crippen LogP) is 4.61. The van der Waals surface area contributed by atoms with Crippen LogP contribution in [-0.2, 0) is 9.53 Å². The molecule has 0 bridgehead atoms. The zero-order valence-electron chi connectivity index (χ0n) is 14.9. The topological polar surface area (TPSA) is 29.6 Å². The molecule has 0 unspecified atom stereocenters. The van der Waals surface area contributed by atoms with Crippen LogP contribution in [-0.4, -0.2) is 18.0 Å². The van der Waals surface area contributed by atoms with Crippen molar-refractivity contribution < 1.29 is 9.53 Å². The highest BCUT2D eigenvalue weighted by molar-refractivity contribution is 5.60. The molecule has 124 valence electrons. The molecule has 4 aliphatic rings. The number of carbonyl (C=O) groups is 1. The Balaban J connectivity index is 1.77. The number of hydrogen-bond donors (Lipinski definition) is 0. The van der Waals surface area contributed by atoms with Gasteiger partial charge in [-0.25, -0.2) is 0 Å². The molecule has 1 saturated heterocycles. The van der Waals surface area contributed by atoms with Crippen LogP contribution < -0.4 is 0 Å². The molecule has 1 heterocycles. The van der Waals surface area contributed by atoms with Gasteiger partial charge in [-0.2, -0.15) is 0 Å². The van der Waals surface area contributed by atoms with E-state index >= 15 is 0 Å². The number of aldehydes is 1. The normalized spacial score (nSPS) is 59.0. The summed E-state index contributed by atoms with van der Waals surface area (Å²) < 4.78 is 6.07. The van der Waals surface area contributed by atoms with Crippen LogP contribution in [0, 0.1) is 34.0 Å². The molecular weight excluding hydrogens is 272 g/mol. The highest BCUT2D eigenvalue weighted by Gasteiger charge is 2.72. The fraction of sp³-hybridized carbons (Fsp3) is 0.950. The van der Waals surface area contributed by atoms with Crippen LogP contribution in [0.1, 0.15) is 73.1 Å². The molecule has 4 fully saturated rings. The molecule has 0 aromatic carbocycles. The Bertz CT molecular complexity index is 512.